The molecule has 1 amide bonds. The first kappa shape index (κ1) is 21.4. The van der Waals surface area contributed by atoms with E-state index in [1.54, 1.807) is 12.1 Å². The quantitative estimate of drug-likeness (QED) is 0.444. The largest absolute Gasteiger partial charge is 0.457 e. The topological polar surface area (TPSA) is 142 Å². The lowest BCUT2D eigenvalue weighted by atomic mass is 10.1. The van der Waals surface area contributed by atoms with Crippen LogP contribution in [0.1, 0.15) is 16.8 Å². The minimum Gasteiger partial charge on any atom is -0.457 e. The highest BCUT2D eigenvalue weighted by atomic mass is 16.6. The number of aryl methyl sites for hydroxylation is 2. The van der Waals surface area contributed by atoms with Gasteiger partial charge in [-0.2, -0.15) is 5.10 Å². The van der Waals surface area contributed by atoms with E-state index in [1.165, 1.54) is 29.8 Å². The van der Waals surface area contributed by atoms with Crippen molar-refractivity contribution in [3.05, 3.63) is 79.6 Å². The molecule has 0 bridgehead atoms. The Morgan fingerprint density at radius 1 is 1.00 bits per heavy atom. The molecule has 2 aromatic carbocycles. The summed E-state index contributed by atoms with van der Waals surface area (Å²) in [4.78, 5) is 33.4. The number of nitro groups is 2. The first-order chi connectivity index (χ1) is 14.6. The van der Waals surface area contributed by atoms with Crippen LogP contribution in [0.3, 0.4) is 0 Å². The summed E-state index contributed by atoms with van der Waals surface area (Å²) >= 11 is 0. The van der Waals surface area contributed by atoms with Crippen molar-refractivity contribution in [2.24, 2.45) is 0 Å². The Morgan fingerprint density at radius 3 is 2.23 bits per heavy atom. The van der Waals surface area contributed by atoms with Crippen LogP contribution < -0.4 is 10.1 Å². The van der Waals surface area contributed by atoms with Crippen LogP contribution in [-0.2, 0) is 11.3 Å². The van der Waals surface area contributed by atoms with Crippen LogP contribution in [0, 0.1) is 41.0 Å². The Morgan fingerprint density at radius 2 is 1.65 bits per heavy atom. The minimum atomic E-state index is -0.592. The molecule has 0 atom stereocenters. The molecule has 0 saturated heterocycles. The Kier molecular flexibility index (Phi) is 5.95. The number of nitrogens with zero attached hydrogens (tertiary/aromatic N) is 4. The minimum absolute atomic E-state index is 0.151. The summed E-state index contributed by atoms with van der Waals surface area (Å²) in [6.07, 6.45) is 1.06. The number of anilines is 1. The molecule has 0 saturated carbocycles. The lowest BCUT2D eigenvalue weighted by molar-refractivity contribution is -0.385. The molecule has 1 N–H and O–H groups in total. The van der Waals surface area contributed by atoms with Gasteiger partial charge < -0.3 is 10.1 Å². The second kappa shape index (κ2) is 8.61. The molecule has 0 unspecified atom stereocenters. The van der Waals surface area contributed by atoms with Crippen molar-refractivity contribution in [1.29, 1.82) is 0 Å². The summed E-state index contributed by atoms with van der Waals surface area (Å²) in [7, 11) is 0. The number of nitro benzene ring substituents is 1. The average Bonchev–Trinajstić information content (AvgIpc) is 3.01. The molecular weight excluding hydrogens is 406 g/mol. The molecule has 0 aliphatic rings. The molecule has 160 valence electrons. The van der Waals surface area contributed by atoms with Crippen molar-refractivity contribution in [3.63, 3.8) is 0 Å². The van der Waals surface area contributed by atoms with E-state index in [-0.39, 0.29) is 35.1 Å². The summed E-state index contributed by atoms with van der Waals surface area (Å²) in [5.41, 5.74) is 1.85. The summed E-state index contributed by atoms with van der Waals surface area (Å²) < 4.78 is 6.95. The monoisotopic (exact) mass is 425 g/mol. The fourth-order valence-corrected chi connectivity index (χ4v) is 3.06. The van der Waals surface area contributed by atoms with E-state index < -0.39 is 15.8 Å². The van der Waals surface area contributed by atoms with Crippen molar-refractivity contribution in [1.82, 2.24) is 9.78 Å². The number of rotatable bonds is 7. The third kappa shape index (κ3) is 5.21. The van der Waals surface area contributed by atoms with Crippen LogP contribution in [-0.4, -0.2) is 25.5 Å². The van der Waals surface area contributed by atoms with E-state index in [4.69, 9.17) is 4.74 Å². The van der Waals surface area contributed by atoms with E-state index >= 15 is 0 Å². The van der Waals surface area contributed by atoms with E-state index in [9.17, 15) is 25.0 Å². The van der Waals surface area contributed by atoms with Gasteiger partial charge in [-0.1, -0.05) is 6.07 Å². The number of hydrogen-bond acceptors (Lipinski definition) is 7. The predicted molar refractivity (Wildman–Crippen MR) is 111 cm³/mol. The average molecular weight is 425 g/mol. The van der Waals surface area contributed by atoms with Crippen molar-refractivity contribution in [3.8, 4) is 11.5 Å². The molecule has 0 spiro atoms. The van der Waals surface area contributed by atoms with Crippen LogP contribution in [0.25, 0.3) is 0 Å². The zero-order valence-electron chi connectivity index (χ0n) is 17.0. The molecule has 0 fully saturated rings. The maximum Gasteiger partial charge on any atom is 0.309 e. The fraction of sp³-hybridized carbons (Fsp3) is 0.200. The number of ether oxygens (including phenoxy) is 1. The third-order valence-corrected chi connectivity index (χ3v) is 4.38. The van der Waals surface area contributed by atoms with Crippen molar-refractivity contribution < 1.29 is 19.4 Å². The zero-order valence-corrected chi connectivity index (χ0v) is 17.0. The number of amides is 1. The Labute approximate surface area is 176 Å². The van der Waals surface area contributed by atoms with E-state index in [2.05, 4.69) is 10.4 Å². The maximum absolute atomic E-state index is 12.4. The zero-order chi connectivity index (χ0) is 22.7. The van der Waals surface area contributed by atoms with Gasteiger partial charge in [-0.25, -0.2) is 0 Å². The molecular formula is C20H19N5O6. The Hall–Kier alpha value is -4.28. The molecule has 3 rings (SSSR count). The number of nitrogens with one attached hydrogen (secondary N) is 1. The van der Waals surface area contributed by atoms with Gasteiger partial charge >= 0.3 is 5.69 Å². The number of aromatic nitrogens is 2. The first-order valence-corrected chi connectivity index (χ1v) is 9.14. The first-order valence-electron chi connectivity index (χ1n) is 9.14. The van der Waals surface area contributed by atoms with Crippen molar-refractivity contribution in [2.45, 2.75) is 27.3 Å². The molecule has 0 aliphatic heterocycles. The lowest BCUT2D eigenvalue weighted by Crippen LogP contribution is -2.20. The van der Waals surface area contributed by atoms with Gasteiger partial charge in [-0.05, 0) is 44.0 Å². The highest BCUT2D eigenvalue weighted by molar-refractivity contribution is 5.91. The summed E-state index contributed by atoms with van der Waals surface area (Å²) in [5, 5.41) is 28.6. The molecule has 3 aromatic rings. The predicted octanol–water partition coefficient (Wildman–Crippen LogP) is 4.06. The van der Waals surface area contributed by atoms with Gasteiger partial charge in [0.05, 0.1) is 21.6 Å². The van der Waals surface area contributed by atoms with Crippen LogP contribution in [0.5, 0.6) is 11.5 Å². The van der Waals surface area contributed by atoms with Gasteiger partial charge in [-0.15, -0.1) is 0 Å². The molecule has 11 heteroatoms. The molecule has 1 heterocycles. The van der Waals surface area contributed by atoms with Gasteiger partial charge in [0.2, 0.25) is 5.91 Å². The SMILES string of the molecule is Cc1cc(C)cc(Oc2cc(NC(=O)Cn3ncc([N+](=O)[O-])c3C)cc([N+](=O)[O-])c2)c1. The summed E-state index contributed by atoms with van der Waals surface area (Å²) in [5.74, 6) is 0.133. The molecule has 0 aliphatic carbocycles. The number of non-ortho nitro benzene ring substituents is 1. The normalized spacial score (nSPS) is 10.5. The molecule has 0 radical (unpaired) electrons. The summed E-state index contributed by atoms with van der Waals surface area (Å²) in [6, 6.07) is 9.46. The van der Waals surface area contributed by atoms with Gasteiger partial charge in [0, 0.05) is 12.1 Å². The van der Waals surface area contributed by atoms with E-state index in [0.717, 1.165) is 17.3 Å². The highest BCUT2D eigenvalue weighted by Crippen LogP contribution is 2.30. The number of benzene rings is 2. The number of hydrogen-bond donors (Lipinski definition) is 1. The van der Waals surface area contributed by atoms with Crippen LogP contribution in [0.2, 0.25) is 0 Å². The molecule has 31 heavy (non-hydrogen) atoms. The smallest absolute Gasteiger partial charge is 0.309 e. The maximum atomic E-state index is 12.4. The highest BCUT2D eigenvalue weighted by Gasteiger charge is 2.19. The Bertz CT molecular complexity index is 1170. The fourth-order valence-electron chi connectivity index (χ4n) is 3.06. The number of carbonyl (C=O) groups is 1. The van der Waals surface area contributed by atoms with Crippen molar-refractivity contribution in [2.75, 3.05) is 5.32 Å². The van der Waals surface area contributed by atoms with Gasteiger partial charge in [-0.3, -0.25) is 29.7 Å². The van der Waals surface area contributed by atoms with Crippen LogP contribution in [0.15, 0.2) is 42.6 Å². The second-order valence-electron chi connectivity index (χ2n) is 6.98. The molecule has 1 aromatic heterocycles. The van der Waals surface area contributed by atoms with Crippen LogP contribution in [0.4, 0.5) is 17.1 Å². The summed E-state index contributed by atoms with van der Waals surface area (Å²) in [6.45, 7) is 4.98. The lowest BCUT2D eigenvalue weighted by Gasteiger charge is -2.11. The number of carbonyl (C=O) groups excluding carboxylic acids is 1. The third-order valence-electron chi connectivity index (χ3n) is 4.38. The van der Waals surface area contributed by atoms with E-state index in [1.807, 2.05) is 19.9 Å². The van der Waals surface area contributed by atoms with Crippen LogP contribution >= 0.6 is 0 Å². The standard InChI is InChI=1S/C20H19N5O6/c1-12-4-13(2)6-17(5-12)31-18-8-15(7-16(9-18)24(27)28)22-20(26)11-23-14(3)19(10-21-23)25(29)30/h4-10H,11H2,1-3H3,(H,22,26). The Balaban J connectivity index is 1.82. The molecule has 11 nitrogen and oxygen atoms in total. The van der Waals surface area contributed by atoms with Gasteiger partial charge in [0.25, 0.3) is 5.69 Å². The van der Waals surface area contributed by atoms with Gasteiger partial charge in [0.1, 0.15) is 29.9 Å². The van der Waals surface area contributed by atoms with Gasteiger partial charge in [0.15, 0.2) is 0 Å². The van der Waals surface area contributed by atoms with Crippen molar-refractivity contribution >= 4 is 23.0 Å². The van der Waals surface area contributed by atoms with E-state index in [0.29, 0.717) is 5.75 Å². The second-order valence-corrected chi connectivity index (χ2v) is 6.98.